The molecule has 0 radical (unpaired) electrons. The molecule has 1 aromatic rings. The number of hydrogen-bond acceptors (Lipinski definition) is 3. The first-order valence-corrected chi connectivity index (χ1v) is 9.45. The van der Waals surface area contributed by atoms with E-state index in [0.717, 1.165) is 44.2 Å². The van der Waals surface area contributed by atoms with Crippen LogP contribution in [0.3, 0.4) is 0 Å². The molecule has 2 fully saturated rings. The highest BCUT2D eigenvalue weighted by Crippen LogP contribution is 2.39. The largest absolute Gasteiger partial charge is 0.379 e. The molecule has 2 aliphatic rings. The Morgan fingerprint density at radius 1 is 1.36 bits per heavy atom. The normalized spacial score (nSPS) is 29.7. The van der Waals surface area contributed by atoms with E-state index in [1.807, 2.05) is 6.07 Å². The average molecular weight is 369 g/mol. The zero-order chi connectivity index (χ0) is 17.9. The first kappa shape index (κ1) is 18.6. The molecule has 1 heterocycles. The summed E-state index contributed by atoms with van der Waals surface area (Å²) in [4.78, 5) is 11.7. The Hall–Kier alpha value is -1.17. The Kier molecular flexibility index (Phi) is 5.97. The fourth-order valence-corrected chi connectivity index (χ4v) is 4.42. The van der Waals surface area contributed by atoms with Crippen LogP contribution in [0.25, 0.3) is 0 Å². The minimum Gasteiger partial charge on any atom is -0.379 e. The van der Waals surface area contributed by atoms with Crippen molar-refractivity contribution >= 4 is 17.5 Å². The summed E-state index contributed by atoms with van der Waals surface area (Å²) in [5.74, 6) is 0.445. The minimum atomic E-state index is -0.682. The number of carbonyl (C=O) groups excluding carboxylic acids is 1. The number of primary amides is 1. The maximum atomic E-state index is 13.2. The van der Waals surface area contributed by atoms with Crippen molar-refractivity contribution in [1.29, 1.82) is 0 Å². The van der Waals surface area contributed by atoms with E-state index in [9.17, 15) is 9.18 Å². The molecule has 1 unspecified atom stereocenters. The van der Waals surface area contributed by atoms with Gasteiger partial charge in [-0.15, -0.1) is 0 Å². The van der Waals surface area contributed by atoms with Gasteiger partial charge in [-0.2, -0.15) is 0 Å². The molecule has 0 aromatic heterocycles. The van der Waals surface area contributed by atoms with E-state index in [1.165, 1.54) is 12.1 Å². The number of rotatable bonds is 6. The standard InChI is InChI=1S/C19H26ClFN2O2/c20-17-11-15(21)5-6-16(17)14-3-1-13(2-4-14)7-9-23-19(18(22)24)8-10-25-12-19/h5-6,11,13-14,23H,1-4,7-10,12H2,(H2,22,24)/t13-,14+,19?. The molecule has 138 valence electrons. The van der Waals surface area contributed by atoms with E-state index in [-0.39, 0.29) is 11.7 Å². The second kappa shape index (κ2) is 8.02. The summed E-state index contributed by atoms with van der Waals surface area (Å²) < 4.78 is 18.5. The summed E-state index contributed by atoms with van der Waals surface area (Å²) >= 11 is 6.19. The first-order valence-electron chi connectivity index (χ1n) is 9.08. The molecule has 3 N–H and O–H groups in total. The topological polar surface area (TPSA) is 64.4 Å². The van der Waals surface area contributed by atoms with Crippen molar-refractivity contribution in [3.8, 4) is 0 Å². The van der Waals surface area contributed by atoms with Gasteiger partial charge in [-0.1, -0.05) is 17.7 Å². The van der Waals surface area contributed by atoms with Crippen LogP contribution in [-0.2, 0) is 9.53 Å². The number of amides is 1. The van der Waals surface area contributed by atoms with Gasteiger partial charge in [0.25, 0.3) is 0 Å². The lowest BCUT2D eigenvalue weighted by molar-refractivity contribution is -0.124. The van der Waals surface area contributed by atoms with Crippen LogP contribution in [0.5, 0.6) is 0 Å². The molecule has 3 rings (SSSR count). The molecule has 0 bridgehead atoms. The monoisotopic (exact) mass is 368 g/mol. The van der Waals surface area contributed by atoms with Crippen LogP contribution in [0.4, 0.5) is 4.39 Å². The van der Waals surface area contributed by atoms with E-state index in [1.54, 1.807) is 0 Å². The lowest BCUT2D eigenvalue weighted by Crippen LogP contribution is -2.56. The fraction of sp³-hybridized carbons (Fsp3) is 0.632. The number of nitrogens with two attached hydrogens (primary N) is 1. The Labute approximate surface area is 153 Å². The number of ether oxygens (including phenoxy) is 1. The molecule has 4 nitrogen and oxygen atoms in total. The van der Waals surface area contributed by atoms with E-state index >= 15 is 0 Å². The van der Waals surface area contributed by atoms with Crippen molar-refractivity contribution < 1.29 is 13.9 Å². The Balaban J connectivity index is 1.46. The van der Waals surface area contributed by atoms with Gasteiger partial charge in [0.15, 0.2) is 0 Å². The lowest BCUT2D eigenvalue weighted by Gasteiger charge is -2.31. The summed E-state index contributed by atoms with van der Waals surface area (Å²) in [5.41, 5.74) is 5.92. The molecule has 1 saturated heterocycles. The maximum Gasteiger partial charge on any atom is 0.240 e. The fourth-order valence-electron chi connectivity index (χ4n) is 4.10. The summed E-state index contributed by atoms with van der Waals surface area (Å²) in [5, 5.41) is 3.87. The molecule has 1 amide bonds. The van der Waals surface area contributed by atoms with Gasteiger partial charge in [-0.25, -0.2) is 4.39 Å². The van der Waals surface area contributed by atoms with Crippen LogP contribution >= 0.6 is 11.6 Å². The average Bonchev–Trinajstić information content (AvgIpc) is 3.06. The molecule has 1 aliphatic heterocycles. The number of benzene rings is 1. The zero-order valence-corrected chi connectivity index (χ0v) is 15.2. The van der Waals surface area contributed by atoms with Gasteiger partial charge in [0.05, 0.1) is 6.61 Å². The molecule has 25 heavy (non-hydrogen) atoms. The van der Waals surface area contributed by atoms with Crippen molar-refractivity contribution in [3.63, 3.8) is 0 Å². The van der Waals surface area contributed by atoms with E-state index in [4.69, 9.17) is 22.1 Å². The Bertz CT molecular complexity index is 611. The van der Waals surface area contributed by atoms with Crippen molar-refractivity contribution in [2.24, 2.45) is 11.7 Å². The van der Waals surface area contributed by atoms with Crippen molar-refractivity contribution in [2.75, 3.05) is 19.8 Å². The van der Waals surface area contributed by atoms with Gasteiger partial charge in [-0.05, 0) is 68.2 Å². The van der Waals surface area contributed by atoms with Crippen molar-refractivity contribution in [1.82, 2.24) is 5.32 Å². The molecule has 0 spiro atoms. The molecule has 1 saturated carbocycles. The quantitative estimate of drug-likeness (QED) is 0.809. The maximum absolute atomic E-state index is 13.2. The summed E-state index contributed by atoms with van der Waals surface area (Å²) in [7, 11) is 0. The van der Waals surface area contributed by atoms with Crippen LogP contribution in [0.2, 0.25) is 5.02 Å². The van der Waals surface area contributed by atoms with Crippen molar-refractivity contribution in [2.45, 2.75) is 50.0 Å². The van der Waals surface area contributed by atoms with Crippen LogP contribution in [0, 0.1) is 11.7 Å². The number of carbonyl (C=O) groups is 1. The molecule has 1 aromatic carbocycles. The van der Waals surface area contributed by atoms with Crippen LogP contribution in [0.15, 0.2) is 18.2 Å². The predicted octanol–water partition coefficient (Wildman–Crippen LogP) is 3.38. The smallest absolute Gasteiger partial charge is 0.240 e. The number of hydrogen-bond donors (Lipinski definition) is 2. The third-order valence-corrected chi connectivity index (χ3v) is 6.09. The summed E-state index contributed by atoms with van der Waals surface area (Å²) in [6, 6.07) is 4.71. The molecular formula is C19H26ClFN2O2. The lowest BCUT2D eigenvalue weighted by atomic mass is 9.77. The highest BCUT2D eigenvalue weighted by Gasteiger charge is 2.40. The second-order valence-corrected chi connectivity index (χ2v) is 7.76. The highest BCUT2D eigenvalue weighted by molar-refractivity contribution is 6.31. The van der Waals surface area contributed by atoms with E-state index < -0.39 is 5.54 Å². The van der Waals surface area contributed by atoms with Gasteiger partial charge in [0, 0.05) is 18.1 Å². The van der Waals surface area contributed by atoms with E-state index in [0.29, 0.717) is 36.5 Å². The third-order valence-electron chi connectivity index (χ3n) is 5.76. The highest BCUT2D eigenvalue weighted by atomic mass is 35.5. The van der Waals surface area contributed by atoms with Gasteiger partial charge < -0.3 is 15.8 Å². The van der Waals surface area contributed by atoms with Crippen LogP contribution in [-0.4, -0.2) is 31.2 Å². The van der Waals surface area contributed by atoms with Gasteiger partial charge in [-0.3, -0.25) is 4.79 Å². The zero-order valence-electron chi connectivity index (χ0n) is 14.4. The van der Waals surface area contributed by atoms with Crippen LogP contribution < -0.4 is 11.1 Å². The van der Waals surface area contributed by atoms with Crippen molar-refractivity contribution in [3.05, 3.63) is 34.6 Å². The molecule has 1 atom stereocenters. The van der Waals surface area contributed by atoms with Crippen LogP contribution in [0.1, 0.15) is 50.0 Å². The summed E-state index contributed by atoms with van der Waals surface area (Å²) in [6.45, 7) is 1.73. The number of halogens is 2. The summed E-state index contributed by atoms with van der Waals surface area (Å²) in [6.07, 6.45) is 6.07. The van der Waals surface area contributed by atoms with Gasteiger partial charge in [0.1, 0.15) is 11.4 Å². The Morgan fingerprint density at radius 2 is 2.12 bits per heavy atom. The second-order valence-electron chi connectivity index (χ2n) is 7.35. The minimum absolute atomic E-state index is 0.284. The van der Waals surface area contributed by atoms with E-state index in [2.05, 4.69) is 5.32 Å². The molecule has 1 aliphatic carbocycles. The molecular weight excluding hydrogens is 343 g/mol. The predicted molar refractivity (Wildman–Crippen MR) is 96.1 cm³/mol. The third kappa shape index (κ3) is 4.33. The first-order chi connectivity index (χ1) is 12.0. The molecule has 6 heteroatoms. The Morgan fingerprint density at radius 3 is 2.72 bits per heavy atom. The number of nitrogens with one attached hydrogen (secondary N) is 1. The SMILES string of the molecule is NC(=O)C1(NCC[C@H]2CC[C@@H](c3ccc(F)cc3Cl)CC2)CCOC1. The van der Waals surface area contributed by atoms with Gasteiger partial charge >= 0.3 is 0 Å². The van der Waals surface area contributed by atoms with Gasteiger partial charge in [0.2, 0.25) is 5.91 Å².